The van der Waals surface area contributed by atoms with Gasteiger partial charge in [0.2, 0.25) is 0 Å². The Hall–Kier alpha value is -0.970. The molecule has 2 bridgehead atoms. The van der Waals surface area contributed by atoms with E-state index in [0.29, 0.717) is 0 Å². The highest BCUT2D eigenvalue weighted by Crippen LogP contribution is 2.62. The van der Waals surface area contributed by atoms with E-state index in [0.717, 1.165) is 0 Å². The van der Waals surface area contributed by atoms with Crippen LogP contribution in [0, 0.1) is 11.8 Å². The smallest absolute Gasteiger partial charge is 0.377 e. The minimum atomic E-state index is -6.28. The van der Waals surface area contributed by atoms with Gasteiger partial charge in [0.25, 0.3) is 5.60 Å². The summed E-state index contributed by atoms with van der Waals surface area (Å²) in [5.74, 6) is -2.81. The first-order valence-corrected chi connectivity index (χ1v) is 6.86. The number of hydrogen-bond donors (Lipinski definition) is 2. The molecule has 2 rings (SSSR count). The molecule has 0 radical (unpaired) electrons. The van der Waals surface area contributed by atoms with Crippen LogP contribution in [0.2, 0.25) is 0 Å². The topological polar surface area (TPSA) is 40.5 Å². The monoisotopic (exact) mass is 372 g/mol. The van der Waals surface area contributed by atoms with Gasteiger partial charge in [0.15, 0.2) is 5.60 Å². The van der Waals surface area contributed by atoms with Gasteiger partial charge >= 0.3 is 18.5 Å². The van der Waals surface area contributed by atoms with Gasteiger partial charge in [-0.3, -0.25) is 0 Å². The van der Waals surface area contributed by atoms with Crippen molar-refractivity contribution in [3.05, 3.63) is 11.1 Å². The zero-order valence-electron chi connectivity index (χ0n) is 12.1. The first kappa shape index (κ1) is 19.4. The van der Waals surface area contributed by atoms with Gasteiger partial charge in [0.1, 0.15) is 0 Å². The predicted octanol–water partition coefficient (Wildman–Crippen LogP) is 3.88. The summed E-state index contributed by atoms with van der Waals surface area (Å²) in [6.07, 6.45) is -18.7. The maximum atomic E-state index is 13.1. The molecule has 0 aromatic rings. The molecule has 3 unspecified atom stereocenters. The molecule has 0 aromatic carbocycles. The summed E-state index contributed by atoms with van der Waals surface area (Å²) in [4.78, 5) is 0. The fraction of sp³-hybridized carbons (Fsp3) is 0.846. The molecule has 2 nitrogen and oxygen atoms in total. The summed E-state index contributed by atoms with van der Waals surface area (Å²) in [6.45, 7) is 0.107. The number of rotatable bonds is 2. The maximum absolute atomic E-state index is 13.1. The van der Waals surface area contributed by atoms with Gasteiger partial charge in [0.05, 0.1) is 0 Å². The Bertz CT molecular complexity index is 539. The van der Waals surface area contributed by atoms with Crippen LogP contribution in [-0.2, 0) is 0 Å². The van der Waals surface area contributed by atoms with Crippen molar-refractivity contribution in [1.29, 1.82) is 0 Å². The van der Waals surface area contributed by atoms with E-state index in [4.69, 9.17) is 0 Å². The molecule has 0 saturated heterocycles. The van der Waals surface area contributed by atoms with Gasteiger partial charge in [-0.1, -0.05) is 0 Å². The highest BCUT2D eigenvalue weighted by molar-refractivity contribution is 5.43. The second-order valence-electron chi connectivity index (χ2n) is 6.31. The Balaban J connectivity index is 2.80. The highest BCUT2D eigenvalue weighted by Gasteiger charge is 2.76. The summed E-state index contributed by atoms with van der Waals surface area (Å²) < 4.78 is 118. The summed E-state index contributed by atoms with van der Waals surface area (Å²) in [7, 11) is 0. The molecule has 140 valence electrons. The molecule has 2 N–H and O–H groups in total. The van der Waals surface area contributed by atoms with Crippen molar-refractivity contribution in [2.45, 2.75) is 55.9 Å². The SMILES string of the molecule is CC(O)(C1=C(C(O)(C(F)(F)F)C(F)(F)F)C2CCC1C2)C(F)(F)F. The van der Waals surface area contributed by atoms with Gasteiger partial charge in [-0.05, 0) is 49.2 Å². The van der Waals surface area contributed by atoms with Crippen LogP contribution in [0.3, 0.4) is 0 Å². The van der Waals surface area contributed by atoms with Crippen LogP contribution in [0.25, 0.3) is 0 Å². The zero-order chi connectivity index (χ0) is 18.9. The lowest BCUT2D eigenvalue weighted by atomic mass is 9.74. The van der Waals surface area contributed by atoms with E-state index in [1.54, 1.807) is 0 Å². The summed E-state index contributed by atoms with van der Waals surface area (Å²) in [5, 5.41) is 19.2. The molecule has 24 heavy (non-hydrogen) atoms. The molecule has 3 atom stereocenters. The van der Waals surface area contributed by atoms with Crippen molar-refractivity contribution in [2.24, 2.45) is 11.8 Å². The van der Waals surface area contributed by atoms with E-state index in [2.05, 4.69) is 0 Å². The number of hydrogen-bond acceptors (Lipinski definition) is 2. The molecule has 1 fully saturated rings. The van der Waals surface area contributed by atoms with E-state index in [1.807, 2.05) is 0 Å². The van der Waals surface area contributed by atoms with E-state index >= 15 is 0 Å². The van der Waals surface area contributed by atoms with Crippen molar-refractivity contribution >= 4 is 0 Å². The van der Waals surface area contributed by atoms with Crippen LogP contribution in [0.5, 0.6) is 0 Å². The Morgan fingerprint density at radius 1 is 0.708 bits per heavy atom. The van der Waals surface area contributed by atoms with Gasteiger partial charge in [-0.2, -0.15) is 39.5 Å². The van der Waals surface area contributed by atoms with Crippen LogP contribution >= 0.6 is 0 Å². The third-order valence-corrected chi connectivity index (χ3v) is 4.83. The van der Waals surface area contributed by atoms with E-state index in [1.165, 1.54) is 0 Å². The molecule has 0 spiro atoms. The summed E-state index contributed by atoms with van der Waals surface area (Å²) >= 11 is 0. The molecule has 2 aliphatic carbocycles. The van der Waals surface area contributed by atoms with Crippen LogP contribution in [-0.4, -0.2) is 39.9 Å². The van der Waals surface area contributed by atoms with Crippen LogP contribution in [0.4, 0.5) is 39.5 Å². The number of aliphatic hydroxyl groups is 2. The van der Waals surface area contributed by atoms with Gasteiger partial charge in [0, 0.05) is 0 Å². The fourth-order valence-electron chi connectivity index (χ4n) is 3.71. The van der Waals surface area contributed by atoms with Gasteiger partial charge in [-0.15, -0.1) is 0 Å². The van der Waals surface area contributed by atoms with Crippen molar-refractivity contribution in [3.63, 3.8) is 0 Å². The Labute approximate surface area is 129 Å². The second kappa shape index (κ2) is 5.03. The standard InChI is InChI=1S/C13H13F9O2/c1-9(23,11(14,15)16)7-5-2-3-6(4-5)8(7)10(24,12(17,18)19)13(20,21)22/h5-6,23-24H,2-4H2,1H3. The van der Waals surface area contributed by atoms with Gasteiger partial charge in [-0.25, -0.2) is 0 Å². The molecular formula is C13H13F9O2. The van der Waals surface area contributed by atoms with Gasteiger partial charge < -0.3 is 10.2 Å². The largest absolute Gasteiger partial charge is 0.430 e. The third kappa shape index (κ3) is 2.42. The quantitative estimate of drug-likeness (QED) is 0.571. The van der Waals surface area contributed by atoms with Crippen molar-refractivity contribution < 1.29 is 49.7 Å². The molecule has 11 heteroatoms. The molecule has 0 aliphatic heterocycles. The lowest BCUT2D eigenvalue weighted by molar-refractivity contribution is -0.354. The summed E-state index contributed by atoms with van der Waals surface area (Å²) in [6, 6.07) is 0. The first-order chi connectivity index (χ1) is 10.5. The number of fused-ring (bicyclic) bond motifs is 2. The van der Waals surface area contributed by atoms with Crippen molar-refractivity contribution in [1.82, 2.24) is 0 Å². The van der Waals surface area contributed by atoms with Crippen LogP contribution in [0.1, 0.15) is 26.2 Å². The Morgan fingerprint density at radius 2 is 1.08 bits per heavy atom. The number of alkyl halides is 9. The third-order valence-electron chi connectivity index (χ3n) is 4.83. The average Bonchev–Trinajstić information content (AvgIpc) is 2.93. The first-order valence-electron chi connectivity index (χ1n) is 6.86. The lowest BCUT2D eigenvalue weighted by Gasteiger charge is -2.41. The lowest BCUT2D eigenvalue weighted by Crippen LogP contribution is -2.60. The molecule has 0 amide bonds. The Kier molecular flexibility index (Phi) is 4.05. The van der Waals surface area contributed by atoms with Crippen LogP contribution < -0.4 is 0 Å². The molecule has 0 aromatic heterocycles. The van der Waals surface area contributed by atoms with Crippen molar-refractivity contribution in [3.8, 4) is 0 Å². The molecule has 1 saturated carbocycles. The van der Waals surface area contributed by atoms with Crippen LogP contribution in [0.15, 0.2) is 11.1 Å². The molecule has 0 heterocycles. The Morgan fingerprint density at radius 3 is 1.42 bits per heavy atom. The average molecular weight is 372 g/mol. The number of halogens is 9. The normalized spacial score (nSPS) is 28.5. The fourth-order valence-corrected chi connectivity index (χ4v) is 3.71. The maximum Gasteiger partial charge on any atom is 0.430 e. The zero-order valence-corrected chi connectivity index (χ0v) is 12.1. The van der Waals surface area contributed by atoms with E-state index < -0.39 is 59.1 Å². The van der Waals surface area contributed by atoms with E-state index in [9.17, 15) is 49.7 Å². The summed E-state index contributed by atoms with van der Waals surface area (Å²) in [5.41, 5.74) is -12.5. The predicted molar refractivity (Wildman–Crippen MR) is 61.6 cm³/mol. The minimum Gasteiger partial charge on any atom is -0.377 e. The molecular weight excluding hydrogens is 359 g/mol. The van der Waals surface area contributed by atoms with Crippen molar-refractivity contribution in [2.75, 3.05) is 0 Å². The van der Waals surface area contributed by atoms with E-state index in [-0.39, 0.29) is 19.8 Å². The highest BCUT2D eigenvalue weighted by atomic mass is 19.4. The molecule has 2 aliphatic rings. The second-order valence-corrected chi connectivity index (χ2v) is 6.31. The minimum absolute atomic E-state index is 0.0818.